The van der Waals surface area contributed by atoms with E-state index in [9.17, 15) is 68.7 Å². The Bertz CT molecular complexity index is 3690. The van der Waals surface area contributed by atoms with Gasteiger partial charge in [-0.1, -0.05) is 0 Å². The Morgan fingerprint density at radius 3 is 0.843 bits per heavy atom. The predicted molar refractivity (Wildman–Crippen MR) is 242 cm³/mol. The van der Waals surface area contributed by atoms with E-state index in [0.29, 0.717) is 12.1 Å². The van der Waals surface area contributed by atoms with Crippen molar-refractivity contribution in [2.75, 3.05) is 11.5 Å². The van der Waals surface area contributed by atoms with Gasteiger partial charge in [-0.05, 0) is 109 Å². The van der Waals surface area contributed by atoms with Crippen molar-refractivity contribution in [2.24, 2.45) is 40.9 Å². The van der Waals surface area contributed by atoms with Crippen LogP contribution in [0.3, 0.4) is 0 Å². The number of azo groups is 4. The Balaban J connectivity index is 1.41. The summed E-state index contributed by atoms with van der Waals surface area (Å²) in [6.07, 6.45) is 0. The van der Waals surface area contributed by atoms with E-state index >= 15 is 0 Å². The summed E-state index contributed by atoms with van der Waals surface area (Å²) in [6, 6.07) is 17.0. The minimum absolute atomic E-state index is 0.0461. The van der Waals surface area contributed by atoms with Gasteiger partial charge in [-0.2, -0.15) is 71.0 Å². The summed E-state index contributed by atoms with van der Waals surface area (Å²) in [5.74, 6) is 0. The van der Waals surface area contributed by atoms with Crippen molar-refractivity contribution >= 4 is 118 Å². The first-order valence-electron chi connectivity index (χ1n) is 18.2. The lowest BCUT2D eigenvalue weighted by molar-refractivity contribution is 0.480. The maximum atomic E-state index is 12.7. The van der Waals surface area contributed by atoms with Crippen LogP contribution in [0, 0.1) is 0 Å². The summed E-state index contributed by atoms with van der Waals surface area (Å²) in [6.45, 7) is 0. The summed E-state index contributed by atoms with van der Waals surface area (Å²) < 4.78 is 204. The third-order valence-electron chi connectivity index (χ3n) is 8.91. The van der Waals surface area contributed by atoms with Gasteiger partial charge in [0, 0.05) is 11.1 Å². The van der Waals surface area contributed by atoms with E-state index in [0.717, 1.165) is 97.1 Å². The molecule has 0 heterocycles. The average molecular weight is 1080 g/mol. The number of hydrogen-bond acceptors (Lipinski definition) is 22. The highest BCUT2D eigenvalue weighted by atomic mass is 32.2. The van der Waals surface area contributed by atoms with Crippen LogP contribution in [-0.2, 0) is 60.7 Å². The van der Waals surface area contributed by atoms with Crippen LogP contribution in [0.5, 0.6) is 0 Å². The number of anilines is 2. The summed E-state index contributed by atoms with van der Waals surface area (Å²) >= 11 is 0. The van der Waals surface area contributed by atoms with Crippen LogP contribution in [0.2, 0.25) is 0 Å². The van der Waals surface area contributed by atoms with Crippen molar-refractivity contribution in [1.29, 1.82) is 0 Å². The summed E-state index contributed by atoms with van der Waals surface area (Å²) in [7, 11) is -30.1. The summed E-state index contributed by atoms with van der Waals surface area (Å²) in [5.41, 5.74) is 6.60. The molecule has 0 aliphatic heterocycles. The monoisotopic (exact) mass is 1080 g/mol. The number of nitrogens with zero attached hydrogens (tertiary/aromatic N) is 8. The van der Waals surface area contributed by atoms with E-state index in [2.05, 4.69) is 40.9 Å². The van der Waals surface area contributed by atoms with Gasteiger partial charge < -0.3 is 11.5 Å². The minimum atomic E-state index is -5.38. The highest BCUT2D eigenvalue weighted by Crippen LogP contribution is 2.43. The lowest BCUT2D eigenvalue weighted by Crippen LogP contribution is -2.07. The maximum Gasteiger partial charge on any atom is 0.296 e. The molecule has 34 heteroatoms. The molecule has 0 fully saturated rings. The highest BCUT2D eigenvalue weighted by molar-refractivity contribution is 7.87. The molecule has 0 spiro atoms. The van der Waals surface area contributed by atoms with Crippen LogP contribution in [0.25, 0.3) is 11.1 Å². The van der Waals surface area contributed by atoms with Gasteiger partial charge in [0.1, 0.15) is 42.3 Å². The van der Waals surface area contributed by atoms with Crippen LogP contribution >= 0.6 is 0 Å². The van der Waals surface area contributed by atoms with Crippen molar-refractivity contribution in [2.45, 2.75) is 29.4 Å². The molecule has 0 radical (unpaired) electrons. The molecule has 28 nitrogen and oxygen atoms in total. The van der Waals surface area contributed by atoms with Gasteiger partial charge >= 0.3 is 0 Å². The molecule has 0 aliphatic rings. The van der Waals surface area contributed by atoms with Gasteiger partial charge in [0.05, 0.1) is 43.9 Å². The Labute approximate surface area is 395 Å². The second-order valence-electron chi connectivity index (χ2n) is 13.8. The van der Waals surface area contributed by atoms with Crippen molar-refractivity contribution in [3.8, 4) is 11.1 Å². The standard InChI is InChI=1S/C36H28N10O18S6/c37-27-17-33(67(53,54)55)25(15-31(27)45-43-29-11-5-21(13-35(29)69(59,60)61)41-39-19-1-7-23(8-2-19)65(47,48)49)26-16-32(28(38)18-34(26)68(56,57)58)46-44-30-12-6-22(14-36(30)70(62,63)64)42-40-20-3-9-24(10-4-20)66(50,51)52/h1-18H,37-38H2,(H,47,48,49)(H,50,51,52)(H,53,54,55)(H,56,57,58)(H,59,60,61)(H,62,63,64). The van der Waals surface area contributed by atoms with Crippen molar-refractivity contribution in [3.63, 3.8) is 0 Å². The Morgan fingerprint density at radius 1 is 0.286 bits per heavy atom. The molecule has 0 saturated heterocycles. The van der Waals surface area contributed by atoms with Gasteiger partial charge in [0.25, 0.3) is 60.7 Å². The fourth-order valence-electron chi connectivity index (χ4n) is 5.71. The van der Waals surface area contributed by atoms with Crippen LogP contribution in [-0.4, -0.2) is 77.8 Å². The molecule has 0 saturated carbocycles. The molecule has 0 unspecified atom stereocenters. The van der Waals surface area contributed by atoms with E-state index in [-0.39, 0.29) is 22.7 Å². The third-order valence-corrected chi connectivity index (χ3v) is 14.2. The summed E-state index contributed by atoms with van der Waals surface area (Å²) in [4.78, 5) is -4.98. The molecule has 0 aliphatic carbocycles. The first-order valence-corrected chi connectivity index (χ1v) is 26.8. The largest absolute Gasteiger partial charge is 0.397 e. The molecule has 6 rings (SSSR count). The zero-order chi connectivity index (χ0) is 51.8. The zero-order valence-electron chi connectivity index (χ0n) is 34.2. The van der Waals surface area contributed by atoms with Gasteiger partial charge in [-0.25, -0.2) is 0 Å². The molecular formula is C36H28N10O18S6. The topological polar surface area (TPSA) is 477 Å². The lowest BCUT2D eigenvalue weighted by Gasteiger charge is -2.15. The van der Waals surface area contributed by atoms with Crippen LogP contribution < -0.4 is 11.5 Å². The maximum absolute atomic E-state index is 12.7. The summed E-state index contributed by atoms with van der Waals surface area (Å²) in [5, 5.41) is 30.4. The molecule has 366 valence electrons. The Morgan fingerprint density at radius 2 is 0.557 bits per heavy atom. The fourth-order valence-corrected chi connectivity index (χ4v) is 9.40. The smallest absolute Gasteiger partial charge is 0.296 e. The first kappa shape index (κ1) is 52.2. The first-order chi connectivity index (χ1) is 32.3. The quantitative estimate of drug-likeness (QED) is 0.0278. The van der Waals surface area contributed by atoms with Crippen molar-refractivity contribution < 1.29 is 77.8 Å². The number of rotatable bonds is 15. The van der Waals surface area contributed by atoms with E-state index in [1.165, 1.54) is 0 Å². The fraction of sp³-hybridized carbons (Fsp3) is 0. The third kappa shape index (κ3) is 12.7. The number of nitrogen functional groups attached to an aromatic ring is 2. The van der Waals surface area contributed by atoms with Gasteiger partial charge in [0.15, 0.2) is 0 Å². The minimum Gasteiger partial charge on any atom is -0.397 e. The van der Waals surface area contributed by atoms with E-state index in [1.807, 2.05) is 0 Å². The average Bonchev–Trinajstić information content (AvgIpc) is 3.25. The van der Waals surface area contributed by atoms with Gasteiger partial charge in [0.2, 0.25) is 0 Å². The zero-order valence-corrected chi connectivity index (χ0v) is 39.1. The highest BCUT2D eigenvalue weighted by Gasteiger charge is 2.27. The number of benzene rings is 6. The number of nitrogens with two attached hydrogens (primary N) is 2. The van der Waals surface area contributed by atoms with Crippen LogP contribution in [0.15, 0.2) is 179 Å². The molecular weight excluding hydrogens is 1050 g/mol. The second-order valence-corrected chi connectivity index (χ2v) is 22.2. The van der Waals surface area contributed by atoms with E-state index in [4.69, 9.17) is 20.6 Å². The molecule has 0 atom stereocenters. The van der Waals surface area contributed by atoms with Gasteiger partial charge in [-0.15, -0.1) is 20.5 Å². The molecule has 10 N–H and O–H groups in total. The van der Waals surface area contributed by atoms with Crippen LogP contribution in [0.1, 0.15) is 0 Å². The molecule has 0 bridgehead atoms. The van der Waals surface area contributed by atoms with Crippen molar-refractivity contribution in [1.82, 2.24) is 0 Å². The Kier molecular flexibility index (Phi) is 14.4. The SMILES string of the molecule is Nc1cc(S(=O)(=O)O)c(-c2cc(N=Nc3ccc(N=Nc4ccc(S(=O)(=O)O)cc4)cc3S(=O)(=O)O)c(N)cc2S(=O)(=O)O)cc1N=Nc1ccc(N=Nc2ccc(S(=O)(=O)O)cc2)cc1S(=O)(=O)O. The molecule has 6 aromatic carbocycles. The molecule has 6 aromatic rings. The molecule has 70 heavy (non-hydrogen) atoms. The number of hydrogen-bond donors (Lipinski definition) is 8. The lowest BCUT2D eigenvalue weighted by atomic mass is 10.0. The van der Waals surface area contributed by atoms with E-state index in [1.54, 1.807) is 0 Å². The molecule has 0 aromatic heterocycles. The molecule has 0 amide bonds. The van der Waals surface area contributed by atoms with Gasteiger partial charge in [-0.3, -0.25) is 27.3 Å². The van der Waals surface area contributed by atoms with E-state index < -0.39 is 135 Å². The second kappa shape index (κ2) is 19.3. The van der Waals surface area contributed by atoms with Crippen molar-refractivity contribution in [3.05, 3.63) is 109 Å². The Hall–Kier alpha value is -7.22. The van der Waals surface area contributed by atoms with Crippen LogP contribution in [0.4, 0.5) is 56.9 Å². The predicted octanol–water partition coefficient (Wildman–Crippen LogP) is 7.66. The normalized spacial score (nSPS) is 13.3.